The molecule has 0 spiro atoms. The van der Waals surface area contributed by atoms with Crippen LogP contribution in [0.2, 0.25) is 0 Å². The van der Waals surface area contributed by atoms with E-state index in [1.807, 2.05) is 19.1 Å². The highest BCUT2D eigenvalue weighted by atomic mass is 127. The van der Waals surface area contributed by atoms with Gasteiger partial charge in [0.2, 0.25) is 5.95 Å². The second-order valence-electron chi connectivity index (χ2n) is 4.61. The Hall–Kier alpha value is -0.890. The molecule has 0 aliphatic carbocycles. The summed E-state index contributed by atoms with van der Waals surface area (Å²) in [6.07, 6.45) is 0. The van der Waals surface area contributed by atoms with Crippen LogP contribution in [0.1, 0.15) is 19.5 Å². The van der Waals surface area contributed by atoms with Crippen molar-refractivity contribution in [3.05, 3.63) is 38.0 Å². The number of anilines is 3. The fraction of sp³-hybridized carbons (Fsp3) is 0.333. The zero-order valence-corrected chi connectivity index (χ0v) is 16.1. The van der Waals surface area contributed by atoms with Crippen LogP contribution in [0.15, 0.2) is 28.7 Å². The van der Waals surface area contributed by atoms with Crippen molar-refractivity contribution < 1.29 is 0 Å². The van der Waals surface area contributed by atoms with E-state index in [0.29, 0.717) is 5.95 Å². The largest absolute Gasteiger partial charge is 0.357 e. The van der Waals surface area contributed by atoms with E-state index in [9.17, 15) is 0 Å². The normalized spacial score (nSPS) is 10.5. The summed E-state index contributed by atoms with van der Waals surface area (Å²) in [5.74, 6) is 1.58. The maximum absolute atomic E-state index is 4.62. The van der Waals surface area contributed by atoms with Gasteiger partial charge in [0.1, 0.15) is 5.82 Å². The summed E-state index contributed by atoms with van der Waals surface area (Å²) in [6.45, 7) is 8.11. The number of hydrogen-bond acceptors (Lipinski definition) is 4. The van der Waals surface area contributed by atoms with Gasteiger partial charge in [0, 0.05) is 32.9 Å². The van der Waals surface area contributed by atoms with Gasteiger partial charge >= 0.3 is 0 Å². The Morgan fingerprint density at radius 2 is 1.90 bits per heavy atom. The minimum atomic E-state index is 0.624. The lowest BCUT2D eigenvalue weighted by Gasteiger charge is -2.20. The summed E-state index contributed by atoms with van der Waals surface area (Å²) >= 11 is 5.85. The first-order valence-corrected chi connectivity index (χ1v) is 8.73. The van der Waals surface area contributed by atoms with Crippen molar-refractivity contribution in [2.45, 2.75) is 20.8 Å². The van der Waals surface area contributed by atoms with Crippen molar-refractivity contribution in [2.24, 2.45) is 0 Å². The molecule has 0 saturated carbocycles. The Morgan fingerprint density at radius 1 is 1.19 bits per heavy atom. The molecule has 21 heavy (non-hydrogen) atoms. The summed E-state index contributed by atoms with van der Waals surface area (Å²) in [5.41, 5.74) is 1.92. The lowest BCUT2D eigenvalue weighted by atomic mass is 10.3. The van der Waals surface area contributed by atoms with Crippen LogP contribution in [0, 0.1) is 10.5 Å². The van der Waals surface area contributed by atoms with Crippen molar-refractivity contribution in [2.75, 3.05) is 23.3 Å². The van der Waals surface area contributed by atoms with Crippen molar-refractivity contribution in [3.8, 4) is 0 Å². The molecule has 1 N–H and O–H groups in total. The van der Waals surface area contributed by atoms with Gasteiger partial charge in [0.25, 0.3) is 0 Å². The molecule has 0 atom stereocenters. The number of nitrogens with one attached hydrogen (secondary N) is 1. The molecule has 0 unspecified atom stereocenters. The summed E-state index contributed by atoms with van der Waals surface area (Å²) < 4.78 is 2.18. The van der Waals surface area contributed by atoms with Crippen molar-refractivity contribution >= 4 is 56.0 Å². The van der Waals surface area contributed by atoms with Crippen LogP contribution in [0.3, 0.4) is 0 Å². The summed E-state index contributed by atoms with van der Waals surface area (Å²) in [7, 11) is 0. The van der Waals surface area contributed by atoms with Crippen LogP contribution in [0.5, 0.6) is 0 Å². The Labute approximate surface area is 147 Å². The maximum atomic E-state index is 4.62. The van der Waals surface area contributed by atoms with E-state index >= 15 is 0 Å². The minimum absolute atomic E-state index is 0.624. The minimum Gasteiger partial charge on any atom is -0.357 e. The molecule has 0 bridgehead atoms. The molecule has 112 valence electrons. The van der Waals surface area contributed by atoms with Crippen LogP contribution < -0.4 is 10.2 Å². The lowest BCUT2D eigenvalue weighted by molar-refractivity contribution is 0.840. The number of aryl methyl sites for hydroxylation is 1. The first kappa shape index (κ1) is 16.5. The fourth-order valence-electron chi connectivity index (χ4n) is 2.03. The van der Waals surface area contributed by atoms with Crippen LogP contribution in [-0.2, 0) is 0 Å². The van der Waals surface area contributed by atoms with Gasteiger partial charge in [0.15, 0.2) is 0 Å². The van der Waals surface area contributed by atoms with Gasteiger partial charge < -0.3 is 10.2 Å². The smallest absolute Gasteiger partial charge is 0.229 e. The van der Waals surface area contributed by atoms with Gasteiger partial charge in [-0.25, -0.2) is 4.98 Å². The molecule has 1 heterocycles. The van der Waals surface area contributed by atoms with E-state index in [1.54, 1.807) is 0 Å². The number of aromatic nitrogens is 2. The van der Waals surface area contributed by atoms with E-state index in [1.165, 1.54) is 3.57 Å². The Morgan fingerprint density at radius 3 is 2.52 bits per heavy atom. The molecular formula is C15H18BrIN4. The van der Waals surface area contributed by atoms with Gasteiger partial charge in [-0.2, -0.15) is 4.98 Å². The average Bonchev–Trinajstić information content (AvgIpc) is 2.43. The third-order valence-electron chi connectivity index (χ3n) is 3.11. The molecule has 0 saturated heterocycles. The Bertz CT molecular complexity index is 629. The SMILES string of the molecule is CCN(CC)c1cc(C)nc(Nc2ccc(I)cc2Br)n1. The molecule has 0 fully saturated rings. The molecule has 0 aliphatic rings. The van der Waals surface area contributed by atoms with E-state index in [2.05, 4.69) is 84.7 Å². The second-order valence-corrected chi connectivity index (χ2v) is 6.71. The first-order chi connectivity index (χ1) is 10.0. The number of halogens is 2. The Kier molecular flexibility index (Phi) is 5.80. The molecule has 2 aromatic rings. The highest BCUT2D eigenvalue weighted by molar-refractivity contribution is 14.1. The number of benzene rings is 1. The summed E-state index contributed by atoms with van der Waals surface area (Å²) in [5, 5.41) is 3.28. The molecule has 6 heteroatoms. The zero-order valence-electron chi connectivity index (χ0n) is 12.3. The third-order valence-corrected chi connectivity index (χ3v) is 4.43. The second kappa shape index (κ2) is 7.40. The number of rotatable bonds is 5. The molecule has 1 aromatic carbocycles. The van der Waals surface area contributed by atoms with Crippen LogP contribution in [0.4, 0.5) is 17.5 Å². The van der Waals surface area contributed by atoms with E-state index in [0.717, 1.165) is 34.8 Å². The quantitative estimate of drug-likeness (QED) is 0.654. The highest BCUT2D eigenvalue weighted by Crippen LogP contribution is 2.27. The molecule has 0 aliphatic heterocycles. The van der Waals surface area contributed by atoms with Crippen LogP contribution in [-0.4, -0.2) is 23.1 Å². The van der Waals surface area contributed by atoms with Gasteiger partial charge in [-0.05, 0) is 77.5 Å². The molecule has 0 radical (unpaired) electrons. The lowest BCUT2D eigenvalue weighted by Crippen LogP contribution is -2.23. The zero-order chi connectivity index (χ0) is 15.4. The van der Waals surface area contributed by atoms with Crippen molar-refractivity contribution in [1.82, 2.24) is 9.97 Å². The van der Waals surface area contributed by atoms with Gasteiger partial charge in [-0.1, -0.05) is 0 Å². The topological polar surface area (TPSA) is 41.1 Å². The molecule has 0 amide bonds. The molecular weight excluding hydrogens is 443 g/mol. The van der Waals surface area contributed by atoms with Gasteiger partial charge in [-0.3, -0.25) is 0 Å². The molecule has 2 rings (SSSR count). The highest BCUT2D eigenvalue weighted by Gasteiger charge is 2.09. The fourth-order valence-corrected chi connectivity index (χ4v) is 3.43. The number of nitrogens with zero attached hydrogens (tertiary/aromatic N) is 3. The van der Waals surface area contributed by atoms with Crippen molar-refractivity contribution in [1.29, 1.82) is 0 Å². The van der Waals surface area contributed by atoms with Crippen LogP contribution in [0.25, 0.3) is 0 Å². The predicted octanol–water partition coefficient (Wildman–Crippen LogP) is 4.74. The van der Waals surface area contributed by atoms with Gasteiger partial charge in [-0.15, -0.1) is 0 Å². The Balaban J connectivity index is 2.31. The van der Waals surface area contributed by atoms with Crippen molar-refractivity contribution in [3.63, 3.8) is 0 Å². The molecule has 1 aromatic heterocycles. The first-order valence-electron chi connectivity index (χ1n) is 6.86. The standard InChI is InChI=1S/C15H18BrIN4/c1-4-21(5-2)14-8-10(3)18-15(20-14)19-13-7-6-11(17)9-12(13)16/h6-9H,4-5H2,1-3H3,(H,18,19,20). The molecule has 4 nitrogen and oxygen atoms in total. The van der Waals surface area contributed by atoms with Crippen LogP contribution >= 0.6 is 38.5 Å². The maximum Gasteiger partial charge on any atom is 0.229 e. The van der Waals surface area contributed by atoms with E-state index in [-0.39, 0.29) is 0 Å². The summed E-state index contributed by atoms with van der Waals surface area (Å²) in [6, 6.07) is 8.15. The van der Waals surface area contributed by atoms with E-state index in [4.69, 9.17) is 0 Å². The average molecular weight is 461 g/mol. The number of hydrogen-bond donors (Lipinski definition) is 1. The third kappa shape index (κ3) is 4.29. The monoisotopic (exact) mass is 460 g/mol. The predicted molar refractivity (Wildman–Crippen MR) is 100 cm³/mol. The summed E-state index contributed by atoms with van der Waals surface area (Å²) in [4.78, 5) is 11.3. The van der Waals surface area contributed by atoms with E-state index < -0.39 is 0 Å². The van der Waals surface area contributed by atoms with Gasteiger partial charge in [0.05, 0.1) is 5.69 Å².